The van der Waals surface area contributed by atoms with Gasteiger partial charge >= 0.3 is 0 Å². The van der Waals surface area contributed by atoms with Crippen molar-refractivity contribution in [2.24, 2.45) is 0 Å². The van der Waals surface area contributed by atoms with Crippen LogP contribution in [0.25, 0.3) is 43.8 Å². The van der Waals surface area contributed by atoms with Crippen LogP contribution in [-0.4, -0.2) is 0 Å². The zero-order chi connectivity index (χ0) is 30.4. The minimum Gasteiger partial charge on any atom is -0.0683 e. The van der Waals surface area contributed by atoms with Gasteiger partial charge in [0.1, 0.15) is 0 Å². The van der Waals surface area contributed by atoms with Crippen LogP contribution in [-0.2, 0) is 0 Å². The second kappa shape index (κ2) is 15.9. The van der Waals surface area contributed by atoms with E-state index in [0.717, 1.165) is 0 Å². The quantitative estimate of drug-likeness (QED) is 0.198. The van der Waals surface area contributed by atoms with Crippen molar-refractivity contribution in [1.29, 1.82) is 0 Å². The number of hydrogen-bond acceptors (Lipinski definition) is 0. The van der Waals surface area contributed by atoms with Gasteiger partial charge in [-0.3, -0.25) is 0 Å². The molecule has 0 radical (unpaired) electrons. The van der Waals surface area contributed by atoms with Gasteiger partial charge in [-0.05, 0) is 75.7 Å². The van der Waals surface area contributed by atoms with E-state index in [4.69, 9.17) is 0 Å². The maximum absolute atomic E-state index is 2.22. The normalized spacial score (nSPS) is 9.98. The van der Waals surface area contributed by atoms with Crippen molar-refractivity contribution in [3.63, 3.8) is 0 Å². The standard InChI is InChI=1S/C19H16.2C11H10.C2H6/c1-15-6-5-9-19(14-15)18-12-10-17(11-13-18)16-7-3-2-4-8-16;2*1-9-5-4-7-10-6-2-3-8-11(9)10;1-2/h2-14H,1H3;2*2-8H,1H3;1-2H3. The number of benzene rings is 7. The third-order valence-electron chi connectivity index (χ3n) is 7.36. The van der Waals surface area contributed by atoms with Crippen molar-refractivity contribution in [1.82, 2.24) is 0 Å². The van der Waals surface area contributed by atoms with Gasteiger partial charge in [-0.1, -0.05) is 183 Å². The first-order valence-corrected chi connectivity index (χ1v) is 15.2. The number of aryl methyl sites for hydroxylation is 3. The van der Waals surface area contributed by atoms with Crippen molar-refractivity contribution < 1.29 is 0 Å². The lowest BCUT2D eigenvalue weighted by Crippen LogP contribution is -1.81. The fourth-order valence-electron chi connectivity index (χ4n) is 5.09. The minimum absolute atomic E-state index is 1.26. The first-order chi connectivity index (χ1) is 21.1. The molecule has 0 aliphatic heterocycles. The lowest BCUT2D eigenvalue weighted by atomic mass is 9.99. The molecule has 0 aliphatic carbocycles. The highest BCUT2D eigenvalue weighted by Crippen LogP contribution is 2.25. The summed E-state index contributed by atoms with van der Waals surface area (Å²) in [5, 5.41) is 5.37. The van der Waals surface area contributed by atoms with Crippen LogP contribution in [0.3, 0.4) is 0 Å². The van der Waals surface area contributed by atoms with Gasteiger partial charge in [0.15, 0.2) is 0 Å². The van der Waals surface area contributed by atoms with E-state index in [1.165, 1.54) is 60.5 Å². The van der Waals surface area contributed by atoms with E-state index in [-0.39, 0.29) is 0 Å². The molecule has 0 heteroatoms. The van der Waals surface area contributed by atoms with Gasteiger partial charge in [-0.2, -0.15) is 0 Å². The molecule has 7 aromatic carbocycles. The highest BCUT2D eigenvalue weighted by molar-refractivity contribution is 5.86. The molecule has 43 heavy (non-hydrogen) atoms. The molecule has 0 heterocycles. The largest absolute Gasteiger partial charge is 0.0683 e. The zero-order valence-corrected chi connectivity index (χ0v) is 26.1. The lowest BCUT2D eigenvalue weighted by molar-refractivity contribution is 1.47. The van der Waals surface area contributed by atoms with E-state index < -0.39 is 0 Å². The molecule has 0 N–H and O–H groups in total. The Morgan fingerprint density at radius 3 is 1.16 bits per heavy atom. The van der Waals surface area contributed by atoms with Crippen molar-refractivity contribution in [3.8, 4) is 22.3 Å². The number of hydrogen-bond donors (Lipinski definition) is 0. The van der Waals surface area contributed by atoms with Crippen LogP contribution in [0.1, 0.15) is 30.5 Å². The Bertz CT molecular complexity index is 1760. The van der Waals surface area contributed by atoms with Crippen molar-refractivity contribution in [3.05, 3.63) is 180 Å². The van der Waals surface area contributed by atoms with Gasteiger partial charge in [-0.15, -0.1) is 0 Å². The fourth-order valence-corrected chi connectivity index (χ4v) is 5.09. The van der Waals surface area contributed by atoms with Crippen LogP contribution in [0.4, 0.5) is 0 Å². The molecule has 214 valence electrons. The summed E-state index contributed by atoms with van der Waals surface area (Å²) in [4.78, 5) is 0. The summed E-state index contributed by atoms with van der Waals surface area (Å²) in [7, 11) is 0. The predicted molar refractivity (Wildman–Crippen MR) is 191 cm³/mol. The third-order valence-corrected chi connectivity index (χ3v) is 7.36. The second-order valence-electron chi connectivity index (χ2n) is 10.4. The molecule has 0 nitrogen and oxygen atoms in total. The molecule has 0 amide bonds. The summed E-state index contributed by atoms with van der Waals surface area (Å²) in [6, 6.07) is 57.5. The average Bonchev–Trinajstić information content (AvgIpc) is 3.07. The molecule has 0 aliphatic rings. The van der Waals surface area contributed by atoms with Crippen molar-refractivity contribution in [2.45, 2.75) is 34.6 Å². The Balaban J connectivity index is 0.000000152. The van der Waals surface area contributed by atoms with E-state index in [0.29, 0.717) is 0 Å². The van der Waals surface area contributed by atoms with Gasteiger partial charge in [0, 0.05) is 0 Å². The molecular weight excluding hydrogens is 516 g/mol. The van der Waals surface area contributed by atoms with Crippen LogP contribution in [0.15, 0.2) is 164 Å². The summed E-state index contributed by atoms with van der Waals surface area (Å²) in [6.07, 6.45) is 0. The molecule has 0 bridgehead atoms. The van der Waals surface area contributed by atoms with E-state index in [9.17, 15) is 0 Å². The second-order valence-corrected chi connectivity index (χ2v) is 10.4. The van der Waals surface area contributed by atoms with Crippen molar-refractivity contribution in [2.75, 3.05) is 0 Å². The topological polar surface area (TPSA) is 0 Å². The first-order valence-electron chi connectivity index (χ1n) is 15.2. The van der Waals surface area contributed by atoms with E-state index in [1.807, 2.05) is 19.9 Å². The molecule has 7 rings (SSSR count). The summed E-state index contributed by atoms with van der Waals surface area (Å²) in [5.74, 6) is 0. The molecule has 7 aromatic rings. The number of fused-ring (bicyclic) bond motifs is 2. The minimum atomic E-state index is 1.26. The molecule has 0 unspecified atom stereocenters. The third kappa shape index (κ3) is 8.53. The zero-order valence-electron chi connectivity index (χ0n) is 26.1. The van der Waals surface area contributed by atoms with Crippen LogP contribution in [0.2, 0.25) is 0 Å². The smallest absolute Gasteiger partial charge is 0.0155 e. The Kier molecular flexibility index (Phi) is 11.5. The Morgan fingerprint density at radius 2 is 0.674 bits per heavy atom. The monoisotopic (exact) mass is 558 g/mol. The molecule has 0 aromatic heterocycles. The van der Waals surface area contributed by atoms with Gasteiger partial charge in [0.2, 0.25) is 0 Å². The van der Waals surface area contributed by atoms with Gasteiger partial charge < -0.3 is 0 Å². The summed E-state index contributed by atoms with van der Waals surface area (Å²) in [5.41, 5.74) is 9.06. The van der Waals surface area contributed by atoms with Crippen LogP contribution < -0.4 is 0 Å². The Labute approximate surface area is 258 Å². The van der Waals surface area contributed by atoms with Gasteiger partial charge in [0.25, 0.3) is 0 Å². The van der Waals surface area contributed by atoms with Gasteiger partial charge in [-0.25, -0.2) is 0 Å². The molecule has 0 saturated heterocycles. The van der Waals surface area contributed by atoms with E-state index in [2.05, 4.69) is 178 Å². The maximum atomic E-state index is 2.22. The Morgan fingerprint density at radius 1 is 0.302 bits per heavy atom. The van der Waals surface area contributed by atoms with Crippen LogP contribution >= 0.6 is 0 Å². The van der Waals surface area contributed by atoms with Crippen molar-refractivity contribution >= 4 is 21.5 Å². The van der Waals surface area contributed by atoms with Crippen LogP contribution in [0.5, 0.6) is 0 Å². The first kappa shape index (κ1) is 31.0. The lowest BCUT2D eigenvalue weighted by Gasteiger charge is -2.05. The number of rotatable bonds is 2. The highest BCUT2D eigenvalue weighted by Gasteiger charge is 2.00. The van der Waals surface area contributed by atoms with E-state index in [1.54, 1.807) is 0 Å². The summed E-state index contributed by atoms with van der Waals surface area (Å²) < 4.78 is 0. The van der Waals surface area contributed by atoms with E-state index >= 15 is 0 Å². The predicted octanol–water partition coefficient (Wildman–Crippen LogP) is 12.7. The molecular formula is C43H42. The molecule has 0 atom stereocenters. The average molecular weight is 559 g/mol. The van der Waals surface area contributed by atoms with Gasteiger partial charge in [0.05, 0.1) is 0 Å². The molecule has 0 saturated carbocycles. The van der Waals surface area contributed by atoms with Crippen LogP contribution in [0, 0.1) is 20.8 Å². The maximum Gasteiger partial charge on any atom is -0.0155 e. The SMILES string of the molecule is CC.Cc1cccc(-c2ccc(-c3ccccc3)cc2)c1.Cc1cccc2ccccc12.Cc1cccc2ccccc12. The molecule has 0 fully saturated rings. The summed E-state index contributed by atoms with van der Waals surface area (Å²) >= 11 is 0. The highest BCUT2D eigenvalue weighted by atomic mass is 14.0. The summed E-state index contributed by atoms with van der Waals surface area (Å²) in [6.45, 7) is 10.4. The Hall–Kier alpha value is -4.94. The fraction of sp³-hybridized carbons (Fsp3) is 0.116. The molecule has 0 spiro atoms.